The molecule has 0 saturated heterocycles. The number of nitrogens with one attached hydrogen (secondary N) is 1. The van der Waals surface area contributed by atoms with Gasteiger partial charge in [-0.15, -0.1) is 10.2 Å². The van der Waals surface area contributed by atoms with Crippen molar-refractivity contribution in [2.24, 2.45) is 0 Å². The summed E-state index contributed by atoms with van der Waals surface area (Å²) in [5.41, 5.74) is 1.66. The maximum absolute atomic E-state index is 13.2. The van der Waals surface area contributed by atoms with Gasteiger partial charge in [-0.1, -0.05) is 47.7 Å². The van der Waals surface area contributed by atoms with E-state index in [-0.39, 0.29) is 18.1 Å². The van der Waals surface area contributed by atoms with Crippen LogP contribution in [0.3, 0.4) is 0 Å². The van der Waals surface area contributed by atoms with Crippen molar-refractivity contribution in [3.63, 3.8) is 0 Å². The number of benzene rings is 2. The van der Waals surface area contributed by atoms with Gasteiger partial charge < -0.3 is 5.32 Å². The molecular weight excluding hydrogens is 381 g/mol. The summed E-state index contributed by atoms with van der Waals surface area (Å²) in [5, 5.41) is 11.9. The van der Waals surface area contributed by atoms with Crippen LogP contribution in [0.2, 0.25) is 0 Å². The fourth-order valence-corrected chi connectivity index (χ4v) is 3.16. The Kier molecular flexibility index (Phi) is 4.78. The van der Waals surface area contributed by atoms with Crippen molar-refractivity contribution in [2.75, 3.05) is 5.32 Å². The molecule has 1 aromatic heterocycles. The second-order valence-corrected chi connectivity index (χ2v) is 6.58. The quantitative estimate of drug-likeness (QED) is 0.721. The van der Waals surface area contributed by atoms with Crippen LogP contribution >= 0.6 is 27.3 Å². The van der Waals surface area contributed by atoms with E-state index in [0.29, 0.717) is 15.2 Å². The summed E-state index contributed by atoms with van der Waals surface area (Å²) in [6.07, 6.45) is 0.138. The Hall–Kier alpha value is -2.12. The van der Waals surface area contributed by atoms with Crippen LogP contribution in [0.25, 0.3) is 10.6 Å². The third kappa shape index (κ3) is 4.00. The molecular formula is C16H11BrFN3OS. The zero-order chi connectivity index (χ0) is 16.2. The molecule has 2 aromatic carbocycles. The van der Waals surface area contributed by atoms with Crippen LogP contribution in [0.1, 0.15) is 5.56 Å². The van der Waals surface area contributed by atoms with E-state index in [9.17, 15) is 9.18 Å². The lowest BCUT2D eigenvalue weighted by atomic mass is 10.1. The fraction of sp³-hybridized carbons (Fsp3) is 0.0625. The maximum Gasteiger partial charge on any atom is 0.230 e. The molecule has 0 spiro atoms. The van der Waals surface area contributed by atoms with Crippen LogP contribution < -0.4 is 5.32 Å². The van der Waals surface area contributed by atoms with E-state index in [1.54, 1.807) is 12.1 Å². The van der Waals surface area contributed by atoms with Crippen molar-refractivity contribution in [3.8, 4) is 10.6 Å². The summed E-state index contributed by atoms with van der Waals surface area (Å²) in [4.78, 5) is 12.0. The van der Waals surface area contributed by atoms with E-state index in [1.807, 2.05) is 30.3 Å². The highest BCUT2D eigenvalue weighted by atomic mass is 79.9. The lowest BCUT2D eigenvalue weighted by Gasteiger charge is -2.03. The van der Waals surface area contributed by atoms with Crippen LogP contribution in [-0.4, -0.2) is 16.1 Å². The average Bonchev–Trinajstić information content (AvgIpc) is 3.00. The van der Waals surface area contributed by atoms with Crippen molar-refractivity contribution < 1.29 is 9.18 Å². The lowest BCUT2D eigenvalue weighted by Crippen LogP contribution is -2.14. The van der Waals surface area contributed by atoms with Crippen LogP contribution in [0, 0.1) is 5.82 Å². The van der Waals surface area contributed by atoms with Gasteiger partial charge in [-0.2, -0.15) is 0 Å². The van der Waals surface area contributed by atoms with Gasteiger partial charge in [0, 0.05) is 5.56 Å². The minimum Gasteiger partial charge on any atom is -0.300 e. The second-order valence-electron chi connectivity index (χ2n) is 4.75. The van der Waals surface area contributed by atoms with E-state index in [2.05, 4.69) is 31.4 Å². The van der Waals surface area contributed by atoms with Gasteiger partial charge in [-0.3, -0.25) is 4.79 Å². The van der Waals surface area contributed by atoms with Crippen LogP contribution in [0.5, 0.6) is 0 Å². The minimum atomic E-state index is -0.356. The first-order valence-electron chi connectivity index (χ1n) is 6.74. The summed E-state index contributed by atoms with van der Waals surface area (Å²) in [7, 11) is 0. The first-order chi connectivity index (χ1) is 11.1. The molecule has 1 heterocycles. The van der Waals surface area contributed by atoms with Gasteiger partial charge in [0.05, 0.1) is 10.9 Å². The number of carbonyl (C=O) groups excluding carboxylic acids is 1. The molecule has 1 amide bonds. The smallest absolute Gasteiger partial charge is 0.230 e. The van der Waals surface area contributed by atoms with Gasteiger partial charge in [-0.05, 0) is 33.6 Å². The molecule has 116 valence electrons. The van der Waals surface area contributed by atoms with Crippen LogP contribution in [0.4, 0.5) is 9.52 Å². The summed E-state index contributed by atoms with van der Waals surface area (Å²) in [5.74, 6) is -0.579. The highest BCUT2D eigenvalue weighted by Gasteiger charge is 2.11. The Morgan fingerprint density at radius 2 is 1.96 bits per heavy atom. The summed E-state index contributed by atoms with van der Waals surface area (Å²) in [6.45, 7) is 0. The first-order valence-corrected chi connectivity index (χ1v) is 8.35. The zero-order valence-electron chi connectivity index (χ0n) is 11.8. The number of anilines is 1. The van der Waals surface area contributed by atoms with Gasteiger partial charge in [0.15, 0.2) is 0 Å². The number of carbonyl (C=O) groups is 1. The number of hydrogen-bond acceptors (Lipinski definition) is 4. The van der Waals surface area contributed by atoms with Gasteiger partial charge in [-0.25, -0.2) is 4.39 Å². The van der Waals surface area contributed by atoms with Crippen molar-refractivity contribution in [3.05, 3.63) is 64.4 Å². The Bertz CT molecular complexity index is 838. The minimum absolute atomic E-state index is 0.138. The Labute approximate surface area is 144 Å². The normalized spacial score (nSPS) is 10.5. The number of rotatable bonds is 4. The molecule has 4 nitrogen and oxygen atoms in total. The molecule has 0 aliphatic heterocycles. The van der Waals surface area contributed by atoms with Gasteiger partial charge in [0.1, 0.15) is 10.8 Å². The molecule has 0 radical (unpaired) electrons. The molecule has 1 N–H and O–H groups in total. The Balaban J connectivity index is 1.66. The lowest BCUT2D eigenvalue weighted by molar-refractivity contribution is -0.115. The first kappa shape index (κ1) is 15.8. The van der Waals surface area contributed by atoms with E-state index in [1.165, 1.54) is 17.4 Å². The Morgan fingerprint density at radius 1 is 1.17 bits per heavy atom. The molecule has 23 heavy (non-hydrogen) atoms. The predicted octanol–water partition coefficient (Wildman–Crippen LogP) is 4.29. The summed E-state index contributed by atoms with van der Waals surface area (Å²) in [6, 6.07) is 14.1. The summed E-state index contributed by atoms with van der Waals surface area (Å²) >= 11 is 4.41. The van der Waals surface area contributed by atoms with E-state index in [4.69, 9.17) is 0 Å². The molecule has 0 unspecified atom stereocenters. The van der Waals surface area contributed by atoms with Crippen molar-refractivity contribution in [1.82, 2.24) is 10.2 Å². The molecule has 0 atom stereocenters. The van der Waals surface area contributed by atoms with Crippen LogP contribution in [-0.2, 0) is 11.2 Å². The number of aromatic nitrogens is 2. The van der Waals surface area contributed by atoms with E-state index in [0.717, 1.165) is 10.6 Å². The molecule has 7 heteroatoms. The SMILES string of the molecule is O=C(Cc1ccc(F)c(Br)c1)Nc1nnc(-c2ccccc2)s1. The molecule has 3 rings (SSSR count). The van der Waals surface area contributed by atoms with Crippen molar-refractivity contribution in [1.29, 1.82) is 0 Å². The Morgan fingerprint density at radius 3 is 2.70 bits per heavy atom. The maximum atomic E-state index is 13.2. The highest BCUT2D eigenvalue weighted by molar-refractivity contribution is 9.10. The van der Waals surface area contributed by atoms with Gasteiger partial charge in [0.2, 0.25) is 11.0 Å². The molecule has 0 aliphatic carbocycles. The number of halogens is 2. The number of nitrogens with zero attached hydrogens (tertiary/aromatic N) is 2. The molecule has 0 fully saturated rings. The number of hydrogen-bond donors (Lipinski definition) is 1. The average molecular weight is 392 g/mol. The van der Waals surface area contributed by atoms with E-state index >= 15 is 0 Å². The van der Waals surface area contributed by atoms with Crippen molar-refractivity contribution in [2.45, 2.75) is 6.42 Å². The third-order valence-corrected chi connectivity index (χ3v) is 4.54. The topological polar surface area (TPSA) is 54.9 Å². The van der Waals surface area contributed by atoms with Crippen molar-refractivity contribution >= 4 is 38.3 Å². The predicted molar refractivity (Wildman–Crippen MR) is 91.8 cm³/mol. The number of amides is 1. The second kappa shape index (κ2) is 6.97. The summed E-state index contributed by atoms with van der Waals surface area (Å²) < 4.78 is 13.5. The zero-order valence-corrected chi connectivity index (χ0v) is 14.2. The fourth-order valence-electron chi connectivity index (χ4n) is 1.97. The molecule has 0 bridgehead atoms. The molecule has 3 aromatic rings. The monoisotopic (exact) mass is 391 g/mol. The largest absolute Gasteiger partial charge is 0.300 e. The molecule has 0 saturated carbocycles. The van der Waals surface area contributed by atoms with Crippen LogP contribution in [0.15, 0.2) is 53.0 Å². The van der Waals surface area contributed by atoms with Gasteiger partial charge >= 0.3 is 0 Å². The highest BCUT2D eigenvalue weighted by Crippen LogP contribution is 2.26. The third-order valence-electron chi connectivity index (χ3n) is 3.04. The van der Waals surface area contributed by atoms with Gasteiger partial charge in [0.25, 0.3) is 0 Å². The van der Waals surface area contributed by atoms with E-state index < -0.39 is 0 Å². The standard InChI is InChI=1S/C16H11BrFN3OS/c17-12-8-10(6-7-13(12)18)9-14(22)19-16-21-20-15(23-16)11-4-2-1-3-5-11/h1-8H,9H2,(H,19,21,22). The molecule has 0 aliphatic rings.